The maximum Gasteiger partial charge on any atom is 0.178 e. The van der Waals surface area contributed by atoms with Crippen molar-refractivity contribution in [3.8, 4) is 0 Å². The van der Waals surface area contributed by atoms with Gasteiger partial charge in [0.05, 0.1) is 12.4 Å². The predicted molar refractivity (Wildman–Crippen MR) is 62.1 cm³/mol. The first-order valence-corrected chi connectivity index (χ1v) is 5.86. The van der Waals surface area contributed by atoms with Crippen LogP contribution >= 0.6 is 0 Å². The Kier molecular flexibility index (Phi) is 3.98. The highest BCUT2D eigenvalue weighted by Crippen LogP contribution is 2.17. The third-order valence-electron chi connectivity index (χ3n) is 1.69. The molecule has 1 heterocycles. The second kappa shape index (κ2) is 4.88. The average Bonchev–Trinajstić information content (AvgIpc) is 2.17. The molecule has 88 valence electrons. The van der Waals surface area contributed by atoms with Crippen LogP contribution in [0.3, 0.4) is 0 Å². The molecule has 0 N–H and O–H groups in total. The van der Waals surface area contributed by atoms with Gasteiger partial charge in [-0.15, -0.1) is 0 Å². The summed E-state index contributed by atoms with van der Waals surface area (Å²) < 4.78 is 27.8. The molecule has 0 aliphatic heterocycles. The maximum absolute atomic E-state index is 12.6. The van der Waals surface area contributed by atoms with Crippen LogP contribution in [0, 0.1) is 5.82 Å². The van der Waals surface area contributed by atoms with Gasteiger partial charge in [0.2, 0.25) is 0 Å². The fourth-order valence-electron chi connectivity index (χ4n) is 0.801. The van der Waals surface area contributed by atoms with E-state index in [1.165, 1.54) is 0 Å². The Morgan fingerprint density at radius 3 is 2.31 bits per heavy atom. The maximum atomic E-state index is 12.6. The Hall–Kier alpha value is -1.01. The summed E-state index contributed by atoms with van der Waals surface area (Å²) in [4.78, 5) is 7.52. The second-order valence-electron chi connectivity index (χ2n) is 4.26. The van der Waals surface area contributed by atoms with E-state index in [0.29, 0.717) is 11.5 Å². The van der Waals surface area contributed by atoms with Gasteiger partial charge in [0.25, 0.3) is 0 Å². The summed E-state index contributed by atoms with van der Waals surface area (Å²) >= 11 is -1.36. The van der Waals surface area contributed by atoms with E-state index in [9.17, 15) is 8.94 Å². The third kappa shape index (κ3) is 3.53. The summed E-state index contributed by atoms with van der Waals surface area (Å²) in [6.07, 6.45) is 2.11. The van der Waals surface area contributed by atoms with Crippen LogP contribution in [0.4, 0.5) is 4.39 Å². The van der Waals surface area contributed by atoms with Gasteiger partial charge in [-0.25, -0.2) is 14.4 Å². The average molecular weight is 243 g/mol. The lowest BCUT2D eigenvalue weighted by atomic mass is 10.3. The number of halogens is 1. The number of aromatic nitrogens is 2. The quantitative estimate of drug-likeness (QED) is 0.588. The highest BCUT2D eigenvalue weighted by atomic mass is 32.2. The van der Waals surface area contributed by atoms with E-state index in [4.69, 9.17) is 0 Å². The zero-order valence-electron chi connectivity index (χ0n) is 9.69. The van der Waals surface area contributed by atoms with Gasteiger partial charge in [0.15, 0.2) is 11.6 Å². The normalized spacial score (nSPS) is 15.0. The highest BCUT2D eigenvalue weighted by Gasteiger charge is 2.27. The molecule has 0 aromatic carbocycles. The molecule has 0 saturated heterocycles. The first-order valence-electron chi connectivity index (χ1n) is 4.76. The molecule has 1 rings (SSSR count). The molecular weight excluding hydrogens is 229 g/mol. The minimum absolute atomic E-state index is 0.291. The summed E-state index contributed by atoms with van der Waals surface area (Å²) in [6, 6.07) is 0. The molecule has 4 nitrogen and oxygen atoms in total. The van der Waals surface area contributed by atoms with E-state index < -0.39 is 21.9 Å². The van der Waals surface area contributed by atoms with Crippen molar-refractivity contribution in [3.63, 3.8) is 0 Å². The molecule has 1 atom stereocenters. The molecule has 0 spiro atoms. The van der Waals surface area contributed by atoms with E-state index in [1.54, 1.807) is 6.92 Å². The van der Waals surface area contributed by atoms with Crippen LogP contribution in [0.25, 0.3) is 0 Å². The lowest BCUT2D eigenvalue weighted by molar-refractivity contribution is 0.561. The number of nitrogens with zero attached hydrogens (tertiary/aromatic N) is 3. The van der Waals surface area contributed by atoms with Crippen molar-refractivity contribution in [2.75, 3.05) is 0 Å². The van der Waals surface area contributed by atoms with E-state index in [1.807, 2.05) is 20.8 Å². The molecule has 0 aliphatic rings. The Morgan fingerprint density at radius 2 is 1.88 bits per heavy atom. The molecule has 0 radical (unpaired) electrons. The molecule has 16 heavy (non-hydrogen) atoms. The number of rotatable bonds is 2. The van der Waals surface area contributed by atoms with Crippen LogP contribution in [0.15, 0.2) is 16.8 Å². The van der Waals surface area contributed by atoms with Crippen LogP contribution in [-0.2, 0) is 11.4 Å². The molecule has 0 aliphatic carbocycles. The van der Waals surface area contributed by atoms with Crippen LogP contribution in [0.5, 0.6) is 0 Å². The molecule has 0 saturated carbocycles. The van der Waals surface area contributed by atoms with Crippen molar-refractivity contribution in [1.82, 2.24) is 9.97 Å². The van der Waals surface area contributed by atoms with E-state index in [2.05, 4.69) is 14.4 Å². The topological polar surface area (TPSA) is 61.2 Å². The van der Waals surface area contributed by atoms with E-state index in [0.717, 1.165) is 12.4 Å². The molecule has 1 aromatic rings. The Morgan fingerprint density at radius 1 is 1.38 bits per heavy atom. The Labute approximate surface area is 97.4 Å². The second-order valence-corrected chi connectivity index (χ2v) is 6.17. The summed E-state index contributed by atoms with van der Waals surface area (Å²) in [7, 11) is 0. The first kappa shape index (κ1) is 13.1. The van der Waals surface area contributed by atoms with Crippen LogP contribution in [0.1, 0.15) is 33.5 Å². The van der Waals surface area contributed by atoms with Gasteiger partial charge in [-0.05, 0) is 27.7 Å². The lowest BCUT2D eigenvalue weighted by Gasteiger charge is -2.18. The molecule has 1 unspecified atom stereocenters. The first-order chi connectivity index (χ1) is 7.30. The number of hydrogen-bond acceptors (Lipinski definition) is 4. The van der Waals surface area contributed by atoms with Crippen molar-refractivity contribution < 1.29 is 8.94 Å². The molecule has 0 bridgehead atoms. The van der Waals surface area contributed by atoms with E-state index >= 15 is 0 Å². The minimum atomic E-state index is -1.36. The van der Waals surface area contributed by atoms with Crippen molar-refractivity contribution in [2.45, 2.75) is 32.4 Å². The minimum Gasteiger partial charge on any atom is -0.591 e. The third-order valence-corrected chi connectivity index (χ3v) is 3.18. The van der Waals surface area contributed by atoms with E-state index in [-0.39, 0.29) is 0 Å². The Balaban J connectivity index is 2.89. The summed E-state index contributed by atoms with van der Waals surface area (Å²) in [5, 5.41) is 0. The zero-order valence-corrected chi connectivity index (χ0v) is 10.5. The van der Waals surface area contributed by atoms with Gasteiger partial charge >= 0.3 is 0 Å². The fourth-order valence-corrected chi connectivity index (χ4v) is 1.41. The van der Waals surface area contributed by atoms with Crippen molar-refractivity contribution in [3.05, 3.63) is 24.0 Å². The summed E-state index contributed by atoms with van der Waals surface area (Å²) in [6.45, 7) is 7.12. The SMILES string of the molecule is CC(=N[S+]([O-])C(C)(C)C)c1ncc(F)cn1. The van der Waals surface area contributed by atoms with Gasteiger partial charge in [-0.2, -0.15) is 0 Å². The van der Waals surface area contributed by atoms with Gasteiger partial charge in [0, 0.05) is 0 Å². The van der Waals surface area contributed by atoms with Crippen molar-refractivity contribution in [2.24, 2.45) is 4.40 Å². The highest BCUT2D eigenvalue weighted by molar-refractivity contribution is 7.91. The van der Waals surface area contributed by atoms with Gasteiger partial charge in [0.1, 0.15) is 21.8 Å². The lowest BCUT2D eigenvalue weighted by Crippen LogP contribution is -2.27. The molecule has 6 heteroatoms. The van der Waals surface area contributed by atoms with Gasteiger partial charge < -0.3 is 4.55 Å². The zero-order chi connectivity index (χ0) is 12.3. The summed E-state index contributed by atoms with van der Waals surface area (Å²) in [5.74, 6) is -0.215. The summed E-state index contributed by atoms with van der Waals surface area (Å²) in [5.41, 5.74) is 0.438. The monoisotopic (exact) mass is 243 g/mol. The number of hydrogen-bond donors (Lipinski definition) is 0. The van der Waals surface area contributed by atoms with Crippen LogP contribution in [-0.4, -0.2) is 25.0 Å². The molecule has 1 aromatic heterocycles. The predicted octanol–water partition coefficient (Wildman–Crippen LogP) is 1.89. The van der Waals surface area contributed by atoms with Crippen molar-refractivity contribution in [1.29, 1.82) is 0 Å². The molecule has 0 amide bonds. The molecular formula is C10H14FN3OS. The fraction of sp³-hybridized carbons (Fsp3) is 0.500. The van der Waals surface area contributed by atoms with Crippen LogP contribution in [0.2, 0.25) is 0 Å². The largest absolute Gasteiger partial charge is 0.591 e. The van der Waals surface area contributed by atoms with Gasteiger partial charge in [-0.1, -0.05) is 4.40 Å². The van der Waals surface area contributed by atoms with Crippen LogP contribution < -0.4 is 0 Å². The Bertz CT molecular complexity index is 386. The smallest absolute Gasteiger partial charge is 0.178 e. The molecule has 0 fully saturated rings. The van der Waals surface area contributed by atoms with Gasteiger partial charge in [-0.3, -0.25) is 0 Å². The standard InChI is InChI=1S/C10H14FN3OS/c1-7(14-16(15)10(2,3)4)9-12-5-8(11)6-13-9/h5-6H,1-4H3. The van der Waals surface area contributed by atoms with Crippen molar-refractivity contribution >= 4 is 17.1 Å².